The number of hydrogen-bond donors (Lipinski definition) is 1. The average molecular weight is 262 g/mol. The van der Waals surface area contributed by atoms with Crippen LogP contribution < -0.4 is 15.5 Å². The zero-order chi connectivity index (χ0) is 13.4. The van der Waals surface area contributed by atoms with E-state index in [1.807, 2.05) is 19.0 Å². The van der Waals surface area contributed by atoms with Crippen LogP contribution in [0.25, 0.3) is 0 Å². The first kappa shape index (κ1) is 12.4. The van der Waals surface area contributed by atoms with Gasteiger partial charge in [0.05, 0.1) is 0 Å². The molecular formula is C13H22N6. The van der Waals surface area contributed by atoms with E-state index in [4.69, 9.17) is 5.73 Å². The Morgan fingerprint density at radius 1 is 1.11 bits per heavy atom. The zero-order valence-corrected chi connectivity index (χ0v) is 11.7. The minimum absolute atomic E-state index is 0.313. The van der Waals surface area contributed by atoms with Crippen LogP contribution in [-0.2, 0) is 0 Å². The third-order valence-corrected chi connectivity index (χ3v) is 4.30. The second kappa shape index (κ2) is 4.83. The van der Waals surface area contributed by atoms with Crippen LogP contribution in [0.15, 0.2) is 0 Å². The largest absolute Gasteiger partial charge is 0.368 e. The average Bonchev–Trinajstić information content (AvgIpc) is 2.81. The third kappa shape index (κ3) is 2.31. The minimum Gasteiger partial charge on any atom is -0.368 e. The zero-order valence-electron chi connectivity index (χ0n) is 11.7. The summed E-state index contributed by atoms with van der Waals surface area (Å²) in [7, 11) is 3.85. The van der Waals surface area contributed by atoms with E-state index < -0.39 is 0 Å². The number of hydrogen-bond acceptors (Lipinski definition) is 6. The predicted octanol–water partition coefficient (Wildman–Crippen LogP) is 1.29. The molecule has 104 valence electrons. The van der Waals surface area contributed by atoms with E-state index in [0.717, 1.165) is 18.4 Å². The van der Waals surface area contributed by atoms with E-state index in [-0.39, 0.29) is 0 Å². The molecule has 2 N–H and O–H groups in total. The Bertz CT molecular complexity index is 460. The molecule has 0 aromatic carbocycles. The van der Waals surface area contributed by atoms with Gasteiger partial charge in [-0.15, -0.1) is 0 Å². The Labute approximate surface area is 114 Å². The molecule has 1 aromatic rings. The lowest BCUT2D eigenvalue weighted by Gasteiger charge is -2.31. The molecule has 19 heavy (non-hydrogen) atoms. The number of fused-ring (bicyclic) bond motifs is 1. The molecular weight excluding hydrogens is 240 g/mol. The summed E-state index contributed by atoms with van der Waals surface area (Å²) in [5.41, 5.74) is 5.82. The first-order valence-corrected chi connectivity index (χ1v) is 7.10. The predicted molar refractivity (Wildman–Crippen MR) is 76.3 cm³/mol. The smallest absolute Gasteiger partial charge is 0.232 e. The highest BCUT2D eigenvalue weighted by molar-refractivity contribution is 5.44. The van der Waals surface area contributed by atoms with Crippen molar-refractivity contribution in [2.75, 3.05) is 36.2 Å². The van der Waals surface area contributed by atoms with Crippen LogP contribution in [0.2, 0.25) is 0 Å². The second-order valence-corrected chi connectivity index (χ2v) is 5.78. The third-order valence-electron chi connectivity index (χ3n) is 4.30. The van der Waals surface area contributed by atoms with Crippen molar-refractivity contribution in [3.05, 3.63) is 0 Å². The van der Waals surface area contributed by atoms with E-state index >= 15 is 0 Å². The summed E-state index contributed by atoms with van der Waals surface area (Å²) in [6.45, 7) is 1.05. The van der Waals surface area contributed by atoms with Gasteiger partial charge in [-0.3, -0.25) is 0 Å². The maximum atomic E-state index is 5.82. The maximum Gasteiger partial charge on any atom is 0.232 e. The summed E-state index contributed by atoms with van der Waals surface area (Å²) in [5.74, 6) is 2.52. The summed E-state index contributed by atoms with van der Waals surface area (Å²) in [6.07, 6.45) is 6.55. The van der Waals surface area contributed by atoms with Gasteiger partial charge < -0.3 is 15.5 Å². The Morgan fingerprint density at radius 3 is 2.68 bits per heavy atom. The second-order valence-electron chi connectivity index (χ2n) is 5.78. The lowest BCUT2D eigenvalue weighted by Crippen LogP contribution is -2.36. The SMILES string of the molecule is CN(C)c1nc(N)nc(N2CCC3CCCCC32)n1. The van der Waals surface area contributed by atoms with Crippen molar-refractivity contribution in [1.29, 1.82) is 0 Å². The summed E-state index contributed by atoms with van der Waals surface area (Å²) < 4.78 is 0. The van der Waals surface area contributed by atoms with Gasteiger partial charge >= 0.3 is 0 Å². The van der Waals surface area contributed by atoms with Crippen molar-refractivity contribution in [1.82, 2.24) is 15.0 Å². The fourth-order valence-corrected chi connectivity index (χ4v) is 3.35. The number of nitrogens with zero attached hydrogens (tertiary/aromatic N) is 5. The van der Waals surface area contributed by atoms with Gasteiger partial charge in [0.15, 0.2) is 0 Å². The molecule has 1 aliphatic carbocycles. The summed E-state index contributed by atoms with van der Waals surface area (Å²) in [4.78, 5) is 17.3. The van der Waals surface area contributed by atoms with Crippen molar-refractivity contribution in [2.24, 2.45) is 5.92 Å². The maximum absolute atomic E-state index is 5.82. The van der Waals surface area contributed by atoms with Gasteiger partial charge in [-0.2, -0.15) is 15.0 Å². The summed E-state index contributed by atoms with van der Waals surface area (Å²) in [5, 5.41) is 0. The van der Waals surface area contributed by atoms with Gasteiger partial charge in [0.25, 0.3) is 0 Å². The molecule has 1 saturated carbocycles. The van der Waals surface area contributed by atoms with Gasteiger partial charge in [-0.1, -0.05) is 12.8 Å². The number of nitrogens with two attached hydrogens (primary N) is 1. The Morgan fingerprint density at radius 2 is 1.89 bits per heavy atom. The van der Waals surface area contributed by atoms with Crippen LogP contribution in [0.1, 0.15) is 32.1 Å². The molecule has 1 aliphatic heterocycles. The highest BCUT2D eigenvalue weighted by Gasteiger charge is 2.37. The van der Waals surface area contributed by atoms with Crippen molar-refractivity contribution in [3.63, 3.8) is 0 Å². The molecule has 0 spiro atoms. The molecule has 1 aromatic heterocycles. The number of aromatic nitrogens is 3. The molecule has 2 unspecified atom stereocenters. The van der Waals surface area contributed by atoms with E-state index in [2.05, 4.69) is 19.9 Å². The Balaban J connectivity index is 1.89. The highest BCUT2D eigenvalue weighted by Crippen LogP contribution is 2.37. The van der Waals surface area contributed by atoms with E-state index in [1.54, 1.807) is 0 Å². The van der Waals surface area contributed by atoms with Crippen LogP contribution in [-0.4, -0.2) is 41.6 Å². The van der Waals surface area contributed by atoms with Crippen LogP contribution in [0, 0.1) is 5.92 Å². The van der Waals surface area contributed by atoms with Crippen LogP contribution >= 0.6 is 0 Å². The molecule has 3 rings (SSSR count). The van der Waals surface area contributed by atoms with Crippen molar-refractivity contribution in [3.8, 4) is 0 Å². The summed E-state index contributed by atoms with van der Waals surface area (Å²) >= 11 is 0. The molecule has 0 amide bonds. The van der Waals surface area contributed by atoms with Gasteiger partial charge in [-0.25, -0.2) is 0 Å². The normalized spacial score (nSPS) is 26.3. The van der Waals surface area contributed by atoms with Crippen LogP contribution in [0.4, 0.5) is 17.8 Å². The standard InChI is InChI=1S/C13H22N6/c1-18(2)12-15-11(14)16-13(17-12)19-8-7-9-5-3-4-6-10(9)19/h9-10H,3-8H2,1-2H3,(H2,14,15,16,17). The molecule has 6 nitrogen and oxygen atoms in total. The Hall–Kier alpha value is -1.59. The lowest BCUT2D eigenvalue weighted by molar-refractivity contribution is 0.341. The van der Waals surface area contributed by atoms with Crippen molar-refractivity contribution in [2.45, 2.75) is 38.1 Å². The van der Waals surface area contributed by atoms with Crippen LogP contribution in [0.5, 0.6) is 0 Å². The molecule has 2 heterocycles. The number of rotatable bonds is 2. The fraction of sp³-hybridized carbons (Fsp3) is 0.769. The topological polar surface area (TPSA) is 71.2 Å². The first-order valence-electron chi connectivity index (χ1n) is 7.10. The molecule has 2 fully saturated rings. The molecule has 0 radical (unpaired) electrons. The number of anilines is 3. The molecule has 6 heteroatoms. The molecule has 1 saturated heterocycles. The highest BCUT2D eigenvalue weighted by atomic mass is 15.4. The molecule has 0 bridgehead atoms. The van der Waals surface area contributed by atoms with Gasteiger partial charge in [0, 0.05) is 26.7 Å². The van der Waals surface area contributed by atoms with E-state index in [0.29, 0.717) is 17.9 Å². The quantitative estimate of drug-likeness (QED) is 0.866. The monoisotopic (exact) mass is 262 g/mol. The van der Waals surface area contributed by atoms with Gasteiger partial charge in [0.2, 0.25) is 17.8 Å². The number of nitrogen functional groups attached to an aromatic ring is 1. The molecule has 2 atom stereocenters. The van der Waals surface area contributed by atoms with Gasteiger partial charge in [0.1, 0.15) is 0 Å². The lowest BCUT2D eigenvalue weighted by atomic mass is 9.85. The first-order chi connectivity index (χ1) is 9.15. The van der Waals surface area contributed by atoms with E-state index in [9.17, 15) is 0 Å². The summed E-state index contributed by atoms with van der Waals surface area (Å²) in [6, 6.07) is 0.602. The van der Waals surface area contributed by atoms with E-state index in [1.165, 1.54) is 32.1 Å². The fourth-order valence-electron chi connectivity index (χ4n) is 3.35. The minimum atomic E-state index is 0.313. The van der Waals surface area contributed by atoms with Gasteiger partial charge in [-0.05, 0) is 25.2 Å². The van der Waals surface area contributed by atoms with Crippen molar-refractivity contribution >= 4 is 17.8 Å². The van der Waals surface area contributed by atoms with Crippen LogP contribution in [0.3, 0.4) is 0 Å². The van der Waals surface area contributed by atoms with Crippen molar-refractivity contribution < 1.29 is 0 Å². The Kier molecular flexibility index (Phi) is 3.16. The molecule has 2 aliphatic rings.